The first-order valence-corrected chi connectivity index (χ1v) is 5.47. The van der Waals surface area contributed by atoms with E-state index in [4.69, 9.17) is 4.74 Å². The Hall–Kier alpha value is -1.65. The maximum atomic E-state index is 13.7. The summed E-state index contributed by atoms with van der Waals surface area (Å²) in [6.45, 7) is 0.398. The molecule has 0 unspecified atom stereocenters. The van der Waals surface area contributed by atoms with E-state index in [0.29, 0.717) is 13.0 Å². The topological polar surface area (TPSA) is 29.5 Å². The Balaban J connectivity index is 2.49. The highest BCUT2D eigenvalue weighted by atomic mass is 19.1. The number of piperidine rings is 1. The molecule has 3 nitrogen and oxygen atoms in total. The Morgan fingerprint density at radius 2 is 1.94 bits per heavy atom. The van der Waals surface area contributed by atoms with E-state index < -0.39 is 11.6 Å². The van der Waals surface area contributed by atoms with Crippen molar-refractivity contribution in [2.24, 2.45) is 0 Å². The maximum Gasteiger partial charge on any atom is 0.227 e. The van der Waals surface area contributed by atoms with E-state index in [1.165, 1.54) is 12.0 Å². The van der Waals surface area contributed by atoms with Gasteiger partial charge in [0.2, 0.25) is 5.91 Å². The molecule has 1 heterocycles. The average molecular weight is 241 g/mol. The highest BCUT2D eigenvalue weighted by Gasteiger charge is 2.27. The van der Waals surface area contributed by atoms with Crippen LogP contribution in [-0.2, 0) is 4.79 Å². The zero-order chi connectivity index (χ0) is 12.4. The SMILES string of the molecule is COc1c(F)ccc(F)c1N1CCCCC1=O. The molecular formula is C12H13F2NO2. The second-order valence-corrected chi connectivity index (χ2v) is 3.91. The minimum Gasteiger partial charge on any atom is -0.491 e. The van der Waals surface area contributed by atoms with Gasteiger partial charge in [-0.3, -0.25) is 4.79 Å². The summed E-state index contributed by atoms with van der Waals surface area (Å²) in [6, 6.07) is 2.00. The molecule has 2 rings (SSSR count). The smallest absolute Gasteiger partial charge is 0.227 e. The van der Waals surface area contributed by atoms with Crippen LogP contribution in [0.3, 0.4) is 0 Å². The Morgan fingerprint density at radius 3 is 2.59 bits per heavy atom. The molecule has 1 aliphatic rings. The van der Waals surface area contributed by atoms with Crippen molar-refractivity contribution >= 4 is 11.6 Å². The molecule has 1 aromatic carbocycles. The molecule has 1 aliphatic heterocycles. The van der Waals surface area contributed by atoms with E-state index in [1.807, 2.05) is 0 Å². The van der Waals surface area contributed by atoms with Crippen molar-refractivity contribution in [3.05, 3.63) is 23.8 Å². The molecule has 5 heteroatoms. The van der Waals surface area contributed by atoms with Gasteiger partial charge >= 0.3 is 0 Å². The molecule has 0 radical (unpaired) electrons. The van der Waals surface area contributed by atoms with Gasteiger partial charge in [-0.05, 0) is 25.0 Å². The minimum atomic E-state index is -0.665. The molecule has 1 saturated heterocycles. The van der Waals surface area contributed by atoms with Gasteiger partial charge in [0.15, 0.2) is 17.4 Å². The van der Waals surface area contributed by atoms with Crippen LogP contribution < -0.4 is 9.64 Å². The third-order valence-electron chi connectivity index (χ3n) is 2.83. The summed E-state index contributed by atoms with van der Waals surface area (Å²) < 4.78 is 32.1. The van der Waals surface area contributed by atoms with Crippen LogP contribution in [0.5, 0.6) is 5.75 Å². The van der Waals surface area contributed by atoms with Gasteiger partial charge in [-0.15, -0.1) is 0 Å². The van der Waals surface area contributed by atoms with Crippen molar-refractivity contribution in [1.82, 2.24) is 0 Å². The number of hydrogen-bond acceptors (Lipinski definition) is 2. The van der Waals surface area contributed by atoms with Gasteiger partial charge in [0.1, 0.15) is 5.69 Å². The first-order chi connectivity index (χ1) is 8.15. The number of amides is 1. The molecule has 1 amide bonds. The van der Waals surface area contributed by atoms with Gasteiger partial charge in [-0.25, -0.2) is 8.78 Å². The van der Waals surface area contributed by atoms with E-state index in [0.717, 1.165) is 25.0 Å². The molecule has 0 saturated carbocycles. The zero-order valence-corrected chi connectivity index (χ0v) is 9.50. The number of benzene rings is 1. The molecular weight excluding hydrogens is 228 g/mol. The van der Waals surface area contributed by atoms with Crippen LogP contribution in [0.15, 0.2) is 12.1 Å². The van der Waals surface area contributed by atoms with Crippen LogP contribution in [-0.4, -0.2) is 19.6 Å². The number of halogens is 2. The third kappa shape index (κ3) is 2.09. The normalized spacial score (nSPS) is 16.2. The van der Waals surface area contributed by atoms with E-state index in [1.54, 1.807) is 0 Å². The minimum absolute atomic E-state index is 0.0859. The van der Waals surface area contributed by atoms with Gasteiger partial charge in [0.05, 0.1) is 7.11 Å². The molecule has 0 spiro atoms. The standard InChI is InChI=1S/C12H13F2NO2/c1-17-12-9(14)6-5-8(13)11(12)15-7-3-2-4-10(15)16/h5-6H,2-4,7H2,1H3. The Bertz CT molecular complexity index is 448. The molecule has 0 aromatic heterocycles. The fourth-order valence-corrected chi connectivity index (χ4v) is 2.01. The first kappa shape index (κ1) is 11.8. The molecule has 92 valence electrons. The quantitative estimate of drug-likeness (QED) is 0.796. The molecule has 0 bridgehead atoms. The number of carbonyl (C=O) groups is 1. The summed E-state index contributed by atoms with van der Waals surface area (Å²) >= 11 is 0. The monoisotopic (exact) mass is 241 g/mol. The van der Waals surface area contributed by atoms with Gasteiger partial charge in [0, 0.05) is 13.0 Å². The van der Waals surface area contributed by atoms with Crippen LogP contribution in [0.4, 0.5) is 14.5 Å². The summed E-state index contributed by atoms with van der Waals surface area (Å²) in [5, 5.41) is 0. The third-order valence-corrected chi connectivity index (χ3v) is 2.83. The van der Waals surface area contributed by atoms with Gasteiger partial charge < -0.3 is 9.64 Å². The Morgan fingerprint density at radius 1 is 1.24 bits per heavy atom. The maximum absolute atomic E-state index is 13.7. The zero-order valence-electron chi connectivity index (χ0n) is 9.50. The van der Waals surface area contributed by atoms with Crippen molar-refractivity contribution in [2.45, 2.75) is 19.3 Å². The van der Waals surface area contributed by atoms with Crippen molar-refractivity contribution in [3.63, 3.8) is 0 Å². The average Bonchev–Trinajstić information content (AvgIpc) is 2.33. The Labute approximate surface area is 98.0 Å². The fourth-order valence-electron chi connectivity index (χ4n) is 2.01. The number of carbonyl (C=O) groups excluding carboxylic acids is 1. The summed E-state index contributed by atoms with van der Waals surface area (Å²) in [6.07, 6.45) is 1.93. The lowest BCUT2D eigenvalue weighted by Crippen LogP contribution is -2.36. The molecule has 1 aromatic rings. The van der Waals surface area contributed by atoms with E-state index in [-0.39, 0.29) is 17.3 Å². The van der Waals surface area contributed by atoms with E-state index in [9.17, 15) is 13.6 Å². The molecule has 0 N–H and O–H groups in total. The summed E-state index contributed by atoms with van der Waals surface area (Å²) in [7, 11) is 1.26. The largest absolute Gasteiger partial charge is 0.491 e. The second-order valence-electron chi connectivity index (χ2n) is 3.91. The number of hydrogen-bond donors (Lipinski definition) is 0. The van der Waals surface area contributed by atoms with Crippen molar-refractivity contribution in [3.8, 4) is 5.75 Å². The van der Waals surface area contributed by atoms with E-state index in [2.05, 4.69) is 0 Å². The summed E-state index contributed by atoms with van der Waals surface area (Å²) in [4.78, 5) is 13.0. The predicted octanol–water partition coefficient (Wildman–Crippen LogP) is 2.49. The van der Waals surface area contributed by atoms with Crippen LogP contribution in [0.2, 0.25) is 0 Å². The fraction of sp³-hybridized carbons (Fsp3) is 0.417. The summed E-state index contributed by atoms with van der Waals surface area (Å²) in [5.41, 5.74) is -0.0859. The molecule has 17 heavy (non-hydrogen) atoms. The lowest BCUT2D eigenvalue weighted by atomic mass is 10.1. The lowest BCUT2D eigenvalue weighted by molar-refractivity contribution is -0.119. The number of ether oxygens (including phenoxy) is 1. The van der Waals surface area contributed by atoms with Crippen molar-refractivity contribution in [1.29, 1.82) is 0 Å². The van der Waals surface area contributed by atoms with Crippen LogP contribution in [0.1, 0.15) is 19.3 Å². The van der Waals surface area contributed by atoms with Crippen LogP contribution >= 0.6 is 0 Å². The molecule has 0 atom stereocenters. The van der Waals surface area contributed by atoms with Gasteiger partial charge in [0.25, 0.3) is 0 Å². The van der Waals surface area contributed by atoms with E-state index >= 15 is 0 Å². The first-order valence-electron chi connectivity index (χ1n) is 5.47. The predicted molar refractivity (Wildman–Crippen MR) is 59.1 cm³/mol. The number of methoxy groups -OCH3 is 1. The highest BCUT2D eigenvalue weighted by Crippen LogP contribution is 2.35. The lowest BCUT2D eigenvalue weighted by Gasteiger charge is -2.28. The molecule has 1 fully saturated rings. The second kappa shape index (κ2) is 4.69. The van der Waals surface area contributed by atoms with Crippen molar-refractivity contribution < 1.29 is 18.3 Å². The summed E-state index contributed by atoms with van der Waals surface area (Å²) in [5.74, 6) is -1.71. The van der Waals surface area contributed by atoms with Crippen LogP contribution in [0.25, 0.3) is 0 Å². The molecule has 0 aliphatic carbocycles. The van der Waals surface area contributed by atoms with Crippen LogP contribution in [0, 0.1) is 11.6 Å². The van der Waals surface area contributed by atoms with Gasteiger partial charge in [-0.2, -0.15) is 0 Å². The van der Waals surface area contributed by atoms with Gasteiger partial charge in [-0.1, -0.05) is 0 Å². The number of nitrogens with zero attached hydrogens (tertiary/aromatic N) is 1. The Kier molecular flexibility index (Phi) is 3.26. The van der Waals surface area contributed by atoms with Crippen molar-refractivity contribution in [2.75, 3.05) is 18.6 Å². The number of rotatable bonds is 2. The highest BCUT2D eigenvalue weighted by molar-refractivity contribution is 5.95. The number of anilines is 1.